The van der Waals surface area contributed by atoms with E-state index in [1.54, 1.807) is 0 Å². The van der Waals surface area contributed by atoms with Crippen LogP contribution in [0, 0.1) is 0 Å². The number of rotatable bonds is 1. The fraction of sp³-hybridized carbons (Fsp3) is 0.600. The molecule has 1 rings (SSSR count). The molecule has 0 bridgehead atoms. The Labute approximate surface area is 69.4 Å². The van der Waals surface area contributed by atoms with Gasteiger partial charge in [-0.3, -0.25) is 0 Å². The predicted octanol–water partition coefficient (Wildman–Crippen LogP) is 2.56. The molecule has 0 N–H and O–H groups in total. The number of hydrogen-bond donors (Lipinski definition) is 0. The van der Waals surface area contributed by atoms with Crippen molar-refractivity contribution >= 4 is 0 Å². The van der Waals surface area contributed by atoms with Gasteiger partial charge in [0, 0.05) is 19.3 Å². The van der Waals surface area contributed by atoms with Crippen LogP contribution in [0.4, 0.5) is 0 Å². The van der Waals surface area contributed by atoms with Crippen molar-refractivity contribution in [3.8, 4) is 0 Å². The van der Waals surface area contributed by atoms with Crippen molar-refractivity contribution < 1.29 is 0 Å². The second-order valence-corrected chi connectivity index (χ2v) is 3.36. The van der Waals surface area contributed by atoms with E-state index >= 15 is 0 Å². The summed E-state index contributed by atoms with van der Waals surface area (Å²) in [6, 6.07) is 0. The highest BCUT2D eigenvalue weighted by molar-refractivity contribution is 5.18. The summed E-state index contributed by atoms with van der Waals surface area (Å²) >= 11 is 0. The molecule has 1 aliphatic rings. The summed E-state index contributed by atoms with van der Waals surface area (Å²) in [7, 11) is 2.16. The maximum atomic E-state index is 3.88. The quantitative estimate of drug-likeness (QED) is 0.556. The van der Waals surface area contributed by atoms with Gasteiger partial charge < -0.3 is 4.90 Å². The molecule has 1 aliphatic heterocycles. The molecule has 0 amide bonds. The Bertz CT molecular complexity index is 179. The van der Waals surface area contributed by atoms with E-state index in [9.17, 15) is 0 Å². The number of piperidine rings is 1. The molecule has 0 radical (unpaired) electrons. The van der Waals surface area contributed by atoms with Crippen LogP contribution in [0.2, 0.25) is 0 Å². The summed E-state index contributed by atoms with van der Waals surface area (Å²) in [5, 5.41) is 0. The van der Waals surface area contributed by atoms with Gasteiger partial charge in [0.25, 0.3) is 0 Å². The van der Waals surface area contributed by atoms with E-state index in [2.05, 4.69) is 31.5 Å². The minimum atomic E-state index is 1.16. The summed E-state index contributed by atoms with van der Waals surface area (Å²) in [5.41, 5.74) is 2.61. The van der Waals surface area contributed by atoms with Crippen LogP contribution in [0.25, 0.3) is 0 Å². The topological polar surface area (TPSA) is 3.24 Å². The first-order chi connectivity index (χ1) is 5.20. The first-order valence-electron chi connectivity index (χ1n) is 4.27. The van der Waals surface area contributed by atoms with Crippen LogP contribution in [-0.4, -0.2) is 18.5 Å². The highest BCUT2D eigenvalue weighted by Crippen LogP contribution is 2.19. The summed E-state index contributed by atoms with van der Waals surface area (Å²) in [4.78, 5) is 2.33. The van der Waals surface area contributed by atoms with E-state index in [-0.39, 0.29) is 0 Å². The third kappa shape index (κ3) is 2.41. The third-order valence-corrected chi connectivity index (χ3v) is 2.08. The van der Waals surface area contributed by atoms with Gasteiger partial charge in [-0.15, -0.1) is 0 Å². The first kappa shape index (κ1) is 8.38. The van der Waals surface area contributed by atoms with Gasteiger partial charge in [0.2, 0.25) is 0 Å². The van der Waals surface area contributed by atoms with Crippen LogP contribution < -0.4 is 0 Å². The maximum Gasteiger partial charge on any atom is 0.0171 e. The maximum absolute atomic E-state index is 3.88. The van der Waals surface area contributed by atoms with Crippen molar-refractivity contribution in [2.45, 2.75) is 26.2 Å². The van der Waals surface area contributed by atoms with Crippen LogP contribution in [0.1, 0.15) is 26.2 Å². The first-order valence-corrected chi connectivity index (χ1v) is 4.27. The molecule has 0 saturated carbocycles. The molecule has 62 valence electrons. The Morgan fingerprint density at radius 1 is 1.55 bits per heavy atom. The molecule has 1 saturated heterocycles. The summed E-state index contributed by atoms with van der Waals surface area (Å²) in [6.07, 6.45) is 6.09. The summed E-state index contributed by atoms with van der Waals surface area (Å²) in [5.74, 6) is 0. The van der Waals surface area contributed by atoms with E-state index in [1.165, 1.54) is 31.5 Å². The van der Waals surface area contributed by atoms with Crippen LogP contribution in [0.3, 0.4) is 0 Å². The zero-order chi connectivity index (χ0) is 8.27. The lowest BCUT2D eigenvalue weighted by atomic mass is 10.1. The van der Waals surface area contributed by atoms with Crippen molar-refractivity contribution in [3.05, 3.63) is 23.9 Å². The van der Waals surface area contributed by atoms with Gasteiger partial charge in [0.15, 0.2) is 0 Å². The fourth-order valence-corrected chi connectivity index (χ4v) is 1.46. The highest BCUT2D eigenvalue weighted by atomic mass is 15.1. The Balaban J connectivity index is 2.60. The third-order valence-electron chi connectivity index (χ3n) is 2.08. The van der Waals surface area contributed by atoms with Gasteiger partial charge in [-0.25, -0.2) is 0 Å². The Hall–Kier alpha value is -0.720. The number of allylic oxidation sites excluding steroid dienone is 3. The normalized spacial score (nSPS) is 22.4. The largest absolute Gasteiger partial charge is 0.378 e. The second-order valence-electron chi connectivity index (χ2n) is 3.36. The van der Waals surface area contributed by atoms with Gasteiger partial charge in [0.1, 0.15) is 0 Å². The monoisotopic (exact) mass is 151 g/mol. The average molecular weight is 151 g/mol. The van der Waals surface area contributed by atoms with E-state index in [1.807, 2.05) is 0 Å². The standard InChI is InChI=1S/C10H17N/c1-9(2)8-10-6-4-5-7-11(10)3/h8H,1,4-7H2,2-3H3/b10-8-. The molecule has 1 heteroatoms. The molecule has 0 aromatic carbocycles. The molecular weight excluding hydrogens is 134 g/mol. The average Bonchev–Trinajstić information content (AvgIpc) is 1.93. The molecule has 11 heavy (non-hydrogen) atoms. The Kier molecular flexibility index (Phi) is 2.75. The van der Waals surface area contributed by atoms with Crippen LogP contribution >= 0.6 is 0 Å². The molecule has 1 heterocycles. The molecule has 0 aromatic heterocycles. The highest BCUT2D eigenvalue weighted by Gasteiger charge is 2.09. The van der Waals surface area contributed by atoms with Crippen molar-refractivity contribution in [1.29, 1.82) is 0 Å². The Morgan fingerprint density at radius 3 is 2.82 bits per heavy atom. The lowest BCUT2D eigenvalue weighted by Crippen LogP contribution is -2.23. The zero-order valence-electron chi connectivity index (χ0n) is 7.56. The van der Waals surface area contributed by atoms with Gasteiger partial charge in [-0.2, -0.15) is 0 Å². The minimum absolute atomic E-state index is 1.16. The zero-order valence-corrected chi connectivity index (χ0v) is 7.56. The molecule has 0 aliphatic carbocycles. The second kappa shape index (κ2) is 3.61. The van der Waals surface area contributed by atoms with Crippen LogP contribution in [-0.2, 0) is 0 Å². The van der Waals surface area contributed by atoms with Gasteiger partial charge in [-0.1, -0.05) is 12.2 Å². The van der Waals surface area contributed by atoms with Crippen LogP contribution in [0.15, 0.2) is 23.9 Å². The van der Waals surface area contributed by atoms with E-state index < -0.39 is 0 Å². The minimum Gasteiger partial charge on any atom is -0.378 e. The number of likely N-dealkylation sites (tertiary alicyclic amines) is 1. The van der Waals surface area contributed by atoms with E-state index in [0.717, 1.165) is 5.57 Å². The van der Waals surface area contributed by atoms with Crippen LogP contribution in [0.5, 0.6) is 0 Å². The van der Waals surface area contributed by atoms with Gasteiger partial charge in [0.05, 0.1) is 0 Å². The van der Waals surface area contributed by atoms with E-state index in [0.29, 0.717) is 0 Å². The lowest BCUT2D eigenvalue weighted by Gasteiger charge is -2.27. The molecule has 1 fully saturated rings. The number of hydrogen-bond acceptors (Lipinski definition) is 1. The number of nitrogens with zero attached hydrogens (tertiary/aromatic N) is 1. The van der Waals surface area contributed by atoms with Crippen molar-refractivity contribution in [2.24, 2.45) is 0 Å². The predicted molar refractivity (Wildman–Crippen MR) is 49.4 cm³/mol. The molecule has 0 aromatic rings. The Morgan fingerprint density at radius 2 is 2.27 bits per heavy atom. The molecule has 0 atom stereocenters. The molecule has 1 nitrogen and oxygen atoms in total. The SMILES string of the molecule is C=C(C)/C=C1/CCCCN1C. The van der Waals surface area contributed by atoms with Crippen molar-refractivity contribution in [2.75, 3.05) is 13.6 Å². The van der Waals surface area contributed by atoms with E-state index in [4.69, 9.17) is 0 Å². The smallest absolute Gasteiger partial charge is 0.0171 e. The fourth-order valence-electron chi connectivity index (χ4n) is 1.46. The molecular formula is C10H17N. The van der Waals surface area contributed by atoms with Crippen molar-refractivity contribution in [1.82, 2.24) is 4.90 Å². The van der Waals surface area contributed by atoms with Crippen molar-refractivity contribution in [3.63, 3.8) is 0 Å². The molecule has 0 unspecified atom stereocenters. The van der Waals surface area contributed by atoms with Gasteiger partial charge in [-0.05, 0) is 32.3 Å². The summed E-state index contributed by atoms with van der Waals surface area (Å²) in [6.45, 7) is 7.14. The molecule has 0 spiro atoms. The van der Waals surface area contributed by atoms with Gasteiger partial charge >= 0.3 is 0 Å². The summed E-state index contributed by atoms with van der Waals surface area (Å²) < 4.78 is 0. The lowest BCUT2D eigenvalue weighted by molar-refractivity contribution is 0.345.